The fourth-order valence-corrected chi connectivity index (χ4v) is 3.45. The molecular formula is C11H12N2OS3. The van der Waals surface area contributed by atoms with Gasteiger partial charge in [0, 0.05) is 26.0 Å². The van der Waals surface area contributed by atoms with Crippen LogP contribution in [0.2, 0.25) is 0 Å². The third-order valence-corrected chi connectivity index (χ3v) is 5.00. The minimum absolute atomic E-state index is 0.0141. The van der Waals surface area contributed by atoms with Gasteiger partial charge >= 0.3 is 0 Å². The zero-order valence-electron chi connectivity index (χ0n) is 9.76. The van der Waals surface area contributed by atoms with Gasteiger partial charge in [-0.05, 0) is 18.2 Å². The van der Waals surface area contributed by atoms with E-state index in [-0.39, 0.29) is 5.91 Å². The van der Waals surface area contributed by atoms with Crippen molar-refractivity contribution in [2.24, 2.45) is 0 Å². The molecule has 6 heteroatoms. The predicted octanol–water partition coefficient (Wildman–Crippen LogP) is 2.65. The molecular weight excluding hydrogens is 272 g/mol. The molecule has 2 rings (SSSR count). The molecule has 17 heavy (non-hydrogen) atoms. The molecule has 0 aromatic carbocycles. The summed E-state index contributed by atoms with van der Waals surface area (Å²) in [7, 11) is 5.71. The predicted molar refractivity (Wildman–Crippen MR) is 79.6 cm³/mol. The normalized spacial score (nSPS) is 18.3. The quantitative estimate of drug-likeness (QED) is 0.615. The lowest BCUT2D eigenvalue weighted by Gasteiger charge is -2.06. The number of carbonyl (C=O) groups is 1. The van der Waals surface area contributed by atoms with Crippen molar-refractivity contribution in [1.82, 2.24) is 4.90 Å². The first-order valence-electron chi connectivity index (χ1n) is 4.98. The van der Waals surface area contributed by atoms with Crippen LogP contribution < -0.4 is 4.90 Å². The number of amides is 1. The van der Waals surface area contributed by atoms with Crippen molar-refractivity contribution < 1.29 is 4.79 Å². The number of thiophene rings is 1. The van der Waals surface area contributed by atoms with Gasteiger partial charge in [0.1, 0.15) is 4.32 Å². The molecule has 1 amide bonds. The molecule has 1 aliphatic rings. The average Bonchev–Trinajstić information content (AvgIpc) is 2.82. The van der Waals surface area contributed by atoms with E-state index in [0.29, 0.717) is 9.23 Å². The highest BCUT2D eigenvalue weighted by Gasteiger charge is 2.28. The van der Waals surface area contributed by atoms with E-state index in [1.54, 1.807) is 18.4 Å². The molecule has 0 radical (unpaired) electrons. The van der Waals surface area contributed by atoms with Crippen LogP contribution in [0, 0.1) is 0 Å². The second kappa shape index (κ2) is 4.80. The highest BCUT2D eigenvalue weighted by atomic mass is 32.2. The molecule has 0 atom stereocenters. The van der Waals surface area contributed by atoms with E-state index in [1.165, 1.54) is 21.7 Å². The summed E-state index contributed by atoms with van der Waals surface area (Å²) in [5.74, 6) is -0.0141. The number of nitrogens with zero attached hydrogens (tertiary/aromatic N) is 2. The molecule has 0 saturated carbocycles. The standard InChI is InChI=1S/C11H12N2OS3/c1-12(2)9-5-4-7(16-9)6-8-10(14)13(3)11(15)17-8/h4-6H,1-3H3/b8-6+. The van der Waals surface area contributed by atoms with Gasteiger partial charge in [-0.3, -0.25) is 9.69 Å². The molecule has 90 valence electrons. The van der Waals surface area contributed by atoms with Crippen LogP contribution >= 0.6 is 35.3 Å². The van der Waals surface area contributed by atoms with Crippen molar-refractivity contribution >= 4 is 56.6 Å². The minimum Gasteiger partial charge on any atom is -0.370 e. The number of anilines is 1. The lowest BCUT2D eigenvalue weighted by molar-refractivity contribution is -0.121. The van der Waals surface area contributed by atoms with Crippen LogP contribution in [0.1, 0.15) is 4.88 Å². The number of thiocarbonyl (C=S) groups is 1. The Bertz CT molecular complexity index is 505. The molecule has 0 spiro atoms. The number of carbonyl (C=O) groups excluding carboxylic acids is 1. The summed E-state index contributed by atoms with van der Waals surface area (Å²) < 4.78 is 0.616. The number of rotatable bonds is 2. The molecule has 1 fully saturated rings. The van der Waals surface area contributed by atoms with Crippen molar-refractivity contribution in [3.05, 3.63) is 21.9 Å². The topological polar surface area (TPSA) is 23.6 Å². The van der Waals surface area contributed by atoms with Crippen molar-refractivity contribution in [3.8, 4) is 0 Å². The molecule has 0 N–H and O–H groups in total. The maximum absolute atomic E-state index is 11.8. The Kier molecular flexibility index (Phi) is 3.56. The van der Waals surface area contributed by atoms with E-state index in [9.17, 15) is 4.79 Å². The zero-order valence-corrected chi connectivity index (χ0v) is 12.2. The number of thioether (sulfide) groups is 1. The largest absolute Gasteiger partial charge is 0.370 e. The molecule has 1 aromatic rings. The fourth-order valence-electron chi connectivity index (χ4n) is 1.33. The Morgan fingerprint density at radius 1 is 1.41 bits per heavy atom. The Labute approximate surface area is 114 Å². The van der Waals surface area contributed by atoms with Gasteiger partial charge in [0.15, 0.2) is 0 Å². The Morgan fingerprint density at radius 3 is 2.59 bits per heavy atom. The van der Waals surface area contributed by atoms with Crippen molar-refractivity contribution in [1.29, 1.82) is 0 Å². The van der Waals surface area contributed by atoms with Gasteiger partial charge in [-0.15, -0.1) is 11.3 Å². The first-order valence-corrected chi connectivity index (χ1v) is 7.02. The van der Waals surface area contributed by atoms with Crippen LogP contribution in [-0.4, -0.2) is 36.3 Å². The summed E-state index contributed by atoms with van der Waals surface area (Å²) >= 11 is 8.09. The number of hydrogen-bond donors (Lipinski definition) is 0. The van der Waals surface area contributed by atoms with Gasteiger partial charge in [-0.1, -0.05) is 24.0 Å². The number of likely N-dealkylation sites (N-methyl/N-ethyl adjacent to an activating group) is 1. The van der Waals surface area contributed by atoms with Crippen molar-refractivity contribution in [3.63, 3.8) is 0 Å². The molecule has 1 aliphatic heterocycles. The van der Waals surface area contributed by atoms with Crippen LogP contribution in [-0.2, 0) is 4.79 Å². The van der Waals surface area contributed by atoms with E-state index in [1.807, 2.05) is 37.2 Å². The second-order valence-corrected chi connectivity index (χ2v) is 6.58. The molecule has 1 aromatic heterocycles. The summed E-state index contributed by atoms with van der Waals surface area (Å²) in [4.78, 5) is 17.1. The van der Waals surface area contributed by atoms with Gasteiger partial charge in [-0.2, -0.15) is 0 Å². The highest BCUT2D eigenvalue weighted by Crippen LogP contribution is 2.34. The van der Waals surface area contributed by atoms with Crippen LogP contribution in [0.4, 0.5) is 5.00 Å². The van der Waals surface area contributed by atoms with Crippen LogP contribution in [0.5, 0.6) is 0 Å². The fraction of sp³-hybridized carbons (Fsp3) is 0.273. The Balaban J connectivity index is 2.25. The minimum atomic E-state index is -0.0141. The molecule has 0 aliphatic carbocycles. The monoisotopic (exact) mass is 284 g/mol. The average molecular weight is 284 g/mol. The lowest BCUT2D eigenvalue weighted by atomic mass is 10.4. The molecule has 0 unspecified atom stereocenters. The second-order valence-electron chi connectivity index (χ2n) is 3.81. The zero-order chi connectivity index (χ0) is 12.6. The highest BCUT2D eigenvalue weighted by molar-refractivity contribution is 8.26. The first kappa shape index (κ1) is 12.6. The first-order chi connectivity index (χ1) is 7.99. The smallest absolute Gasteiger partial charge is 0.265 e. The summed E-state index contributed by atoms with van der Waals surface area (Å²) in [6.45, 7) is 0. The van der Waals surface area contributed by atoms with Crippen molar-refractivity contribution in [2.75, 3.05) is 26.0 Å². The third kappa shape index (κ3) is 2.53. The van der Waals surface area contributed by atoms with E-state index >= 15 is 0 Å². The van der Waals surface area contributed by atoms with Gasteiger partial charge in [0.2, 0.25) is 0 Å². The summed E-state index contributed by atoms with van der Waals surface area (Å²) in [6.07, 6.45) is 1.90. The van der Waals surface area contributed by atoms with Crippen LogP contribution in [0.3, 0.4) is 0 Å². The van der Waals surface area contributed by atoms with Gasteiger partial charge in [0.05, 0.1) is 9.91 Å². The maximum Gasteiger partial charge on any atom is 0.265 e. The molecule has 2 heterocycles. The number of hydrogen-bond acceptors (Lipinski definition) is 5. The third-order valence-electron chi connectivity index (χ3n) is 2.31. The SMILES string of the molecule is CN1C(=O)/C(=C\c2ccc(N(C)C)s2)SC1=S. The van der Waals surface area contributed by atoms with Crippen molar-refractivity contribution in [2.45, 2.75) is 0 Å². The maximum atomic E-state index is 11.8. The van der Waals surface area contributed by atoms with E-state index < -0.39 is 0 Å². The lowest BCUT2D eigenvalue weighted by Crippen LogP contribution is -2.22. The van der Waals surface area contributed by atoms with Gasteiger partial charge in [0.25, 0.3) is 5.91 Å². The van der Waals surface area contributed by atoms with Gasteiger partial charge < -0.3 is 4.90 Å². The van der Waals surface area contributed by atoms with E-state index in [4.69, 9.17) is 12.2 Å². The summed E-state index contributed by atoms with van der Waals surface area (Å²) in [5.41, 5.74) is 0. The van der Waals surface area contributed by atoms with Crippen LogP contribution in [0.15, 0.2) is 17.0 Å². The molecule has 0 bridgehead atoms. The molecule has 3 nitrogen and oxygen atoms in total. The van der Waals surface area contributed by atoms with Crippen LogP contribution in [0.25, 0.3) is 6.08 Å². The summed E-state index contributed by atoms with van der Waals surface area (Å²) in [5, 5.41) is 1.17. The summed E-state index contributed by atoms with van der Waals surface area (Å²) in [6, 6.07) is 4.06. The van der Waals surface area contributed by atoms with Gasteiger partial charge in [-0.25, -0.2) is 0 Å². The molecule has 1 saturated heterocycles. The van der Waals surface area contributed by atoms with E-state index in [0.717, 1.165) is 4.88 Å². The Hall–Kier alpha value is -0.850. The van der Waals surface area contributed by atoms with E-state index in [2.05, 4.69) is 0 Å². The Morgan fingerprint density at radius 2 is 2.12 bits per heavy atom.